The van der Waals surface area contributed by atoms with Crippen LogP contribution < -0.4 is 10.2 Å². The van der Waals surface area contributed by atoms with Crippen molar-refractivity contribution in [3.63, 3.8) is 0 Å². The molecule has 28 heavy (non-hydrogen) atoms. The molecule has 0 aliphatic carbocycles. The van der Waals surface area contributed by atoms with E-state index in [0.717, 1.165) is 35.9 Å². The monoisotopic (exact) mass is 373 g/mol. The van der Waals surface area contributed by atoms with Crippen molar-refractivity contribution in [2.24, 2.45) is 0 Å². The largest absolute Gasteiger partial charge is 0.345 e. The van der Waals surface area contributed by atoms with Gasteiger partial charge < -0.3 is 10.2 Å². The Morgan fingerprint density at radius 2 is 1.86 bits per heavy atom. The summed E-state index contributed by atoms with van der Waals surface area (Å²) in [5.41, 5.74) is 3.43. The lowest BCUT2D eigenvalue weighted by Gasteiger charge is -2.15. The second kappa shape index (κ2) is 8.17. The molecule has 4 rings (SSSR count). The molecule has 1 atom stereocenters. The zero-order valence-corrected chi connectivity index (χ0v) is 15.9. The SMILES string of the molecule is CC(NC(=O)c1ccc(-c2ccnc(N3CCCC3)n2)cc1)c1cccnc1. The molecule has 6 heteroatoms. The minimum atomic E-state index is -0.108. The maximum Gasteiger partial charge on any atom is 0.251 e. The first-order chi connectivity index (χ1) is 13.7. The van der Waals surface area contributed by atoms with Crippen LogP contribution >= 0.6 is 0 Å². The molecule has 142 valence electrons. The molecule has 0 bridgehead atoms. The minimum absolute atomic E-state index is 0.106. The molecule has 2 aromatic heterocycles. The molecule has 3 heterocycles. The lowest BCUT2D eigenvalue weighted by molar-refractivity contribution is 0.0940. The van der Waals surface area contributed by atoms with Crippen molar-refractivity contribution in [1.82, 2.24) is 20.3 Å². The van der Waals surface area contributed by atoms with Crippen LogP contribution in [0.25, 0.3) is 11.3 Å². The molecule has 1 aliphatic heterocycles. The molecule has 0 radical (unpaired) electrons. The smallest absolute Gasteiger partial charge is 0.251 e. The normalized spacial score (nSPS) is 14.7. The van der Waals surface area contributed by atoms with Gasteiger partial charge in [-0.05, 0) is 49.6 Å². The average Bonchev–Trinajstić information content (AvgIpc) is 3.29. The van der Waals surface area contributed by atoms with Crippen LogP contribution in [0.15, 0.2) is 61.1 Å². The van der Waals surface area contributed by atoms with E-state index < -0.39 is 0 Å². The highest BCUT2D eigenvalue weighted by molar-refractivity contribution is 5.94. The van der Waals surface area contributed by atoms with Gasteiger partial charge in [0.05, 0.1) is 11.7 Å². The van der Waals surface area contributed by atoms with Crippen LogP contribution in [0.3, 0.4) is 0 Å². The van der Waals surface area contributed by atoms with Gasteiger partial charge in [-0.3, -0.25) is 9.78 Å². The van der Waals surface area contributed by atoms with Crippen LogP contribution in [0.2, 0.25) is 0 Å². The van der Waals surface area contributed by atoms with E-state index in [4.69, 9.17) is 4.98 Å². The second-order valence-electron chi connectivity index (χ2n) is 6.99. The summed E-state index contributed by atoms with van der Waals surface area (Å²) >= 11 is 0. The summed E-state index contributed by atoms with van der Waals surface area (Å²) < 4.78 is 0. The molecule has 1 aromatic carbocycles. The molecule has 3 aromatic rings. The van der Waals surface area contributed by atoms with Gasteiger partial charge in [0.25, 0.3) is 5.91 Å². The molecule has 1 N–H and O–H groups in total. The number of benzene rings is 1. The van der Waals surface area contributed by atoms with Gasteiger partial charge in [0, 0.05) is 42.8 Å². The maximum atomic E-state index is 12.5. The van der Waals surface area contributed by atoms with Crippen LogP contribution in [0, 0.1) is 0 Å². The van der Waals surface area contributed by atoms with E-state index in [1.165, 1.54) is 12.8 Å². The number of aromatic nitrogens is 3. The van der Waals surface area contributed by atoms with Crippen molar-refractivity contribution in [1.29, 1.82) is 0 Å². The highest BCUT2D eigenvalue weighted by atomic mass is 16.1. The Balaban J connectivity index is 1.46. The van der Waals surface area contributed by atoms with E-state index in [-0.39, 0.29) is 11.9 Å². The maximum absolute atomic E-state index is 12.5. The summed E-state index contributed by atoms with van der Waals surface area (Å²) in [6.45, 7) is 3.97. The van der Waals surface area contributed by atoms with Gasteiger partial charge in [0.15, 0.2) is 0 Å². The van der Waals surface area contributed by atoms with E-state index >= 15 is 0 Å². The van der Waals surface area contributed by atoms with Crippen LogP contribution in [-0.4, -0.2) is 33.9 Å². The molecule has 0 spiro atoms. The molecule has 1 aliphatic rings. The summed E-state index contributed by atoms with van der Waals surface area (Å²) in [6.07, 6.45) is 7.66. The third-order valence-corrected chi connectivity index (χ3v) is 5.01. The lowest BCUT2D eigenvalue weighted by Crippen LogP contribution is -2.26. The number of anilines is 1. The Morgan fingerprint density at radius 1 is 1.07 bits per heavy atom. The number of nitrogens with zero attached hydrogens (tertiary/aromatic N) is 4. The first-order valence-corrected chi connectivity index (χ1v) is 9.60. The Bertz CT molecular complexity index is 937. The van der Waals surface area contributed by atoms with Gasteiger partial charge in [0.2, 0.25) is 5.95 Å². The molecule has 1 fully saturated rings. The van der Waals surface area contributed by atoms with E-state index in [9.17, 15) is 4.79 Å². The van der Waals surface area contributed by atoms with Crippen LogP contribution in [0.1, 0.15) is 41.7 Å². The highest BCUT2D eigenvalue weighted by Gasteiger charge is 2.16. The van der Waals surface area contributed by atoms with Gasteiger partial charge in [-0.25, -0.2) is 9.97 Å². The molecule has 0 saturated carbocycles. The van der Waals surface area contributed by atoms with Crippen molar-refractivity contribution in [2.75, 3.05) is 18.0 Å². The highest BCUT2D eigenvalue weighted by Crippen LogP contribution is 2.22. The molecular formula is C22H23N5O. The van der Waals surface area contributed by atoms with Crippen molar-refractivity contribution in [2.45, 2.75) is 25.8 Å². The van der Waals surface area contributed by atoms with E-state index in [0.29, 0.717) is 5.56 Å². The molecule has 1 saturated heterocycles. The number of hydrogen-bond acceptors (Lipinski definition) is 5. The van der Waals surface area contributed by atoms with Crippen molar-refractivity contribution >= 4 is 11.9 Å². The predicted molar refractivity (Wildman–Crippen MR) is 109 cm³/mol. The van der Waals surface area contributed by atoms with Crippen molar-refractivity contribution in [3.05, 3.63) is 72.2 Å². The number of nitrogens with one attached hydrogen (secondary N) is 1. The fraction of sp³-hybridized carbons (Fsp3) is 0.273. The Kier molecular flexibility index (Phi) is 5.28. The third-order valence-electron chi connectivity index (χ3n) is 5.01. The second-order valence-corrected chi connectivity index (χ2v) is 6.99. The van der Waals surface area contributed by atoms with Crippen molar-refractivity contribution < 1.29 is 4.79 Å². The quantitative estimate of drug-likeness (QED) is 0.739. The fourth-order valence-corrected chi connectivity index (χ4v) is 3.37. The van der Waals surface area contributed by atoms with Gasteiger partial charge in [0.1, 0.15) is 0 Å². The first-order valence-electron chi connectivity index (χ1n) is 9.60. The average molecular weight is 373 g/mol. The number of pyridine rings is 1. The summed E-state index contributed by atoms with van der Waals surface area (Å²) in [7, 11) is 0. The van der Waals surface area contributed by atoms with Crippen LogP contribution in [0.4, 0.5) is 5.95 Å². The van der Waals surface area contributed by atoms with Crippen LogP contribution in [-0.2, 0) is 0 Å². The minimum Gasteiger partial charge on any atom is -0.345 e. The predicted octanol–water partition coefficient (Wildman–Crippen LogP) is 3.63. The zero-order chi connectivity index (χ0) is 19.3. The number of amides is 1. The standard InChI is InChI=1S/C22H23N5O/c1-16(19-5-4-11-23-15-19)25-21(28)18-8-6-17(7-9-18)20-10-12-24-22(26-20)27-13-2-3-14-27/h4-12,15-16H,2-3,13-14H2,1H3,(H,25,28). The summed E-state index contributed by atoms with van der Waals surface area (Å²) in [5.74, 6) is 0.672. The van der Waals surface area contributed by atoms with Crippen LogP contribution in [0.5, 0.6) is 0 Å². The lowest BCUT2D eigenvalue weighted by atomic mass is 10.1. The van der Waals surface area contributed by atoms with E-state index in [1.807, 2.05) is 49.4 Å². The van der Waals surface area contributed by atoms with Crippen molar-refractivity contribution in [3.8, 4) is 11.3 Å². The van der Waals surface area contributed by atoms with Gasteiger partial charge in [-0.1, -0.05) is 18.2 Å². The summed E-state index contributed by atoms with van der Waals surface area (Å²) in [6, 6.07) is 13.1. The Hall–Kier alpha value is -3.28. The van der Waals surface area contributed by atoms with E-state index in [1.54, 1.807) is 18.6 Å². The van der Waals surface area contributed by atoms with Gasteiger partial charge in [-0.15, -0.1) is 0 Å². The first kappa shape index (κ1) is 18.1. The number of rotatable bonds is 5. The Morgan fingerprint density at radius 3 is 2.57 bits per heavy atom. The van der Waals surface area contributed by atoms with Gasteiger partial charge >= 0.3 is 0 Å². The number of hydrogen-bond donors (Lipinski definition) is 1. The molecule has 6 nitrogen and oxygen atoms in total. The van der Waals surface area contributed by atoms with Gasteiger partial charge in [-0.2, -0.15) is 0 Å². The number of carbonyl (C=O) groups excluding carboxylic acids is 1. The number of carbonyl (C=O) groups is 1. The summed E-state index contributed by atoms with van der Waals surface area (Å²) in [5, 5.41) is 3.01. The fourth-order valence-electron chi connectivity index (χ4n) is 3.37. The molecular weight excluding hydrogens is 350 g/mol. The Labute approximate surface area is 164 Å². The molecule has 1 amide bonds. The van der Waals surface area contributed by atoms with E-state index in [2.05, 4.69) is 20.2 Å². The third kappa shape index (κ3) is 4.01. The molecule has 1 unspecified atom stereocenters. The topological polar surface area (TPSA) is 71.0 Å². The summed E-state index contributed by atoms with van der Waals surface area (Å²) in [4.78, 5) is 27.9. The zero-order valence-electron chi connectivity index (χ0n) is 15.9.